The van der Waals surface area contributed by atoms with E-state index in [1.807, 2.05) is 18.2 Å². The Bertz CT molecular complexity index is 420. The van der Waals surface area contributed by atoms with Gasteiger partial charge in [-0.3, -0.25) is 9.69 Å². The molecule has 0 spiro atoms. The van der Waals surface area contributed by atoms with Gasteiger partial charge in [-0.25, -0.2) is 0 Å². The zero-order chi connectivity index (χ0) is 14.4. The number of carbonyl (C=O) groups is 1. The van der Waals surface area contributed by atoms with Crippen LogP contribution in [0.2, 0.25) is 0 Å². The van der Waals surface area contributed by atoms with E-state index in [-0.39, 0.29) is 12.5 Å². The summed E-state index contributed by atoms with van der Waals surface area (Å²) in [5.74, 6) is -0.725. The summed E-state index contributed by atoms with van der Waals surface area (Å²) in [5, 5.41) is 8.74. The van der Waals surface area contributed by atoms with Crippen LogP contribution >= 0.6 is 15.9 Å². The van der Waals surface area contributed by atoms with E-state index in [1.54, 1.807) is 0 Å². The van der Waals surface area contributed by atoms with Crippen LogP contribution in [0, 0.1) is 0 Å². The molecule has 1 aromatic carbocycles. The van der Waals surface area contributed by atoms with Gasteiger partial charge in [0.25, 0.3) is 0 Å². The molecule has 1 atom stereocenters. The summed E-state index contributed by atoms with van der Waals surface area (Å²) < 4.78 is 1.10. The highest BCUT2D eigenvalue weighted by molar-refractivity contribution is 9.10. The molecule has 0 fully saturated rings. The fourth-order valence-corrected chi connectivity index (χ4v) is 2.92. The smallest absolute Gasteiger partial charge is 0.303 e. The second kappa shape index (κ2) is 7.65. The molecule has 19 heavy (non-hydrogen) atoms. The molecule has 1 N–H and O–H groups in total. The van der Waals surface area contributed by atoms with Gasteiger partial charge in [-0.2, -0.15) is 0 Å². The van der Waals surface area contributed by atoms with Gasteiger partial charge in [-0.15, -0.1) is 0 Å². The van der Waals surface area contributed by atoms with Gasteiger partial charge in [0.15, 0.2) is 0 Å². The number of nitrogens with zero attached hydrogens (tertiary/aromatic N) is 1. The van der Waals surface area contributed by atoms with Gasteiger partial charge in [0.2, 0.25) is 0 Å². The van der Waals surface area contributed by atoms with Crippen LogP contribution in [0.3, 0.4) is 0 Å². The molecule has 106 valence electrons. The lowest BCUT2D eigenvalue weighted by atomic mass is 10.0. The topological polar surface area (TPSA) is 40.5 Å². The van der Waals surface area contributed by atoms with E-state index in [0.29, 0.717) is 12.5 Å². The molecule has 0 aliphatic heterocycles. The summed E-state index contributed by atoms with van der Waals surface area (Å²) in [4.78, 5) is 13.0. The molecule has 0 saturated carbocycles. The zero-order valence-electron chi connectivity index (χ0n) is 11.8. The van der Waals surface area contributed by atoms with Gasteiger partial charge in [0.1, 0.15) is 0 Å². The van der Waals surface area contributed by atoms with Crippen molar-refractivity contribution in [1.82, 2.24) is 4.90 Å². The molecule has 1 aromatic rings. The minimum absolute atomic E-state index is 0.228. The van der Waals surface area contributed by atoms with E-state index in [4.69, 9.17) is 5.11 Å². The largest absolute Gasteiger partial charge is 0.481 e. The molecule has 0 radical (unpaired) electrons. The number of hydrogen-bond acceptors (Lipinski definition) is 2. The Balaban J connectivity index is 2.76. The summed E-state index contributed by atoms with van der Waals surface area (Å²) in [6.07, 6.45) is 0.911. The third-order valence-corrected chi connectivity index (χ3v) is 4.05. The van der Waals surface area contributed by atoms with Crippen molar-refractivity contribution in [1.29, 1.82) is 0 Å². The minimum atomic E-state index is -0.725. The third-order valence-electron chi connectivity index (χ3n) is 3.32. The third kappa shape index (κ3) is 4.96. The highest BCUT2D eigenvalue weighted by atomic mass is 79.9. The summed E-state index contributed by atoms with van der Waals surface area (Å²) in [6.45, 7) is 7.26. The fourth-order valence-electron chi connectivity index (χ4n) is 2.30. The van der Waals surface area contributed by atoms with E-state index in [0.717, 1.165) is 11.0 Å². The summed E-state index contributed by atoms with van der Waals surface area (Å²) in [6, 6.07) is 8.85. The lowest BCUT2D eigenvalue weighted by molar-refractivity contribution is -0.137. The van der Waals surface area contributed by atoms with Crippen molar-refractivity contribution in [3.63, 3.8) is 0 Å². The van der Waals surface area contributed by atoms with Gasteiger partial charge in [-0.05, 0) is 45.4 Å². The molecule has 0 aliphatic carbocycles. The summed E-state index contributed by atoms with van der Waals surface area (Å²) in [7, 11) is 0. The van der Waals surface area contributed by atoms with Crippen molar-refractivity contribution in [3.05, 3.63) is 34.3 Å². The molecule has 0 aromatic heterocycles. The maximum Gasteiger partial charge on any atom is 0.303 e. The molecule has 0 saturated heterocycles. The number of carboxylic acids is 1. The van der Waals surface area contributed by atoms with Crippen molar-refractivity contribution in [3.8, 4) is 0 Å². The molecular formula is C15H22BrNO2. The van der Waals surface area contributed by atoms with Gasteiger partial charge in [0.05, 0.1) is 0 Å². The van der Waals surface area contributed by atoms with Gasteiger partial charge in [-0.1, -0.05) is 34.1 Å². The molecule has 4 heteroatoms. The predicted octanol–water partition coefficient (Wildman–Crippen LogP) is 4.09. The Morgan fingerprint density at radius 1 is 1.32 bits per heavy atom. The number of carboxylic acid groups (broad SMARTS) is 1. The van der Waals surface area contributed by atoms with Crippen molar-refractivity contribution < 1.29 is 9.90 Å². The standard InChI is InChI=1S/C15H22BrNO2/c1-11(2)17(10-6-9-15(18)19)12(3)13-7-4-5-8-14(13)16/h4-5,7-8,11-12H,6,9-10H2,1-3H3,(H,18,19). The molecule has 0 aliphatic rings. The van der Waals surface area contributed by atoms with Crippen LogP contribution in [-0.2, 0) is 4.79 Å². The second-order valence-electron chi connectivity index (χ2n) is 5.03. The van der Waals surface area contributed by atoms with E-state index in [1.165, 1.54) is 5.56 Å². The first-order chi connectivity index (χ1) is 8.93. The van der Waals surface area contributed by atoms with Gasteiger partial charge in [0, 0.05) is 23.0 Å². The van der Waals surface area contributed by atoms with Crippen molar-refractivity contribution in [2.75, 3.05) is 6.54 Å². The molecule has 1 rings (SSSR count). The number of benzene rings is 1. The SMILES string of the molecule is CC(C)N(CCCC(=O)O)C(C)c1ccccc1Br. The van der Waals surface area contributed by atoms with Crippen LogP contribution in [0.4, 0.5) is 0 Å². The number of hydrogen-bond donors (Lipinski definition) is 1. The van der Waals surface area contributed by atoms with E-state index < -0.39 is 5.97 Å². The maximum absolute atomic E-state index is 10.6. The van der Waals surface area contributed by atoms with E-state index in [2.05, 4.69) is 47.7 Å². The molecule has 3 nitrogen and oxygen atoms in total. The first kappa shape index (κ1) is 16.2. The minimum Gasteiger partial charge on any atom is -0.481 e. The second-order valence-corrected chi connectivity index (χ2v) is 5.88. The monoisotopic (exact) mass is 327 g/mol. The Labute approximate surface area is 123 Å². The van der Waals surface area contributed by atoms with Gasteiger partial charge < -0.3 is 5.11 Å². The van der Waals surface area contributed by atoms with Crippen molar-refractivity contribution in [2.24, 2.45) is 0 Å². The fraction of sp³-hybridized carbons (Fsp3) is 0.533. The molecule has 0 bridgehead atoms. The summed E-state index contributed by atoms with van der Waals surface area (Å²) >= 11 is 3.58. The molecule has 0 amide bonds. The van der Waals surface area contributed by atoms with Crippen LogP contribution in [0.1, 0.15) is 45.2 Å². The van der Waals surface area contributed by atoms with Gasteiger partial charge >= 0.3 is 5.97 Å². The van der Waals surface area contributed by atoms with Crippen LogP contribution < -0.4 is 0 Å². The summed E-state index contributed by atoms with van der Waals surface area (Å²) in [5.41, 5.74) is 1.24. The molecular weight excluding hydrogens is 306 g/mol. The van der Waals surface area contributed by atoms with Crippen LogP contribution in [-0.4, -0.2) is 28.6 Å². The first-order valence-corrected chi connectivity index (χ1v) is 7.44. The Hall–Kier alpha value is -0.870. The first-order valence-electron chi connectivity index (χ1n) is 6.65. The van der Waals surface area contributed by atoms with Crippen LogP contribution in [0.15, 0.2) is 28.7 Å². The van der Waals surface area contributed by atoms with Crippen molar-refractivity contribution in [2.45, 2.75) is 45.7 Å². The average molecular weight is 328 g/mol. The Morgan fingerprint density at radius 3 is 2.47 bits per heavy atom. The zero-order valence-corrected chi connectivity index (χ0v) is 13.4. The highest BCUT2D eigenvalue weighted by Crippen LogP contribution is 2.28. The Kier molecular flexibility index (Phi) is 6.52. The normalized spacial score (nSPS) is 12.9. The highest BCUT2D eigenvalue weighted by Gasteiger charge is 2.20. The number of aliphatic carboxylic acids is 1. The van der Waals surface area contributed by atoms with Crippen molar-refractivity contribution >= 4 is 21.9 Å². The predicted molar refractivity (Wildman–Crippen MR) is 81.3 cm³/mol. The van der Waals surface area contributed by atoms with E-state index >= 15 is 0 Å². The maximum atomic E-state index is 10.6. The lowest BCUT2D eigenvalue weighted by Gasteiger charge is -2.33. The molecule has 1 unspecified atom stereocenters. The van der Waals surface area contributed by atoms with E-state index in [9.17, 15) is 4.79 Å². The number of rotatable bonds is 7. The number of halogens is 1. The quantitative estimate of drug-likeness (QED) is 0.820. The van der Waals surface area contributed by atoms with Crippen LogP contribution in [0.25, 0.3) is 0 Å². The van der Waals surface area contributed by atoms with Crippen LogP contribution in [0.5, 0.6) is 0 Å². The lowest BCUT2D eigenvalue weighted by Crippen LogP contribution is -2.34. The average Bonchev–Trinajstić information content (AvgIpc) is 2.33. The molecule has 0 heterocycles. The Morgan fingerprint density at radius 2 is 1.95 bits per heavy atom.